The largest absolute Gasteiger partial charge is 1.00 e. The van der Waals surface area contributed by atoms with Crippen LogP contribution in [0.4, 0.5) is 0 Å². The van der Waals surface area contributed by atoms with Crippen molar-refractivity contribution < 1.29 is 44.6 Å². The van der Waals surface area contributed by atoms with Gasteiger partial charge in [0.2, 0.25) is 0 Å². The summed E-state index contributed by atoms with van der Waals surface area (Å²) in [6.45, 7) is 9.06. The molecule has 4 rings (SSSR count). The van der Waals surface area contributed by atoms with E-state index in [-0.39, 0.29) is 46.6 Å². The van der Waals surface area contributed by atoms with E-state index in [4.69, 9.17) is 9.72 Å². The third kappa shape index (κ3) is 7.35. The predicted molar refractivity (Wildman–Crippen MR) is 132 cm³/mol. The Balaban J connectivity index is 0.00000216. The summed E-state index contributed by atoms with van der Waals surface area (Å²) < 4.78 is 7.82. The molecule has 0 unspecified atom stereocenters. The van der Waals surface area contributed by atoms with Gasteiger partial charge in [0.1, 0.15) is 5.82 Å². The first kappa shape index (κ1) is 29.4. The van der Waals surface area contributed by atoms with E-state index in [2.05, 4.69) is 53.2 Å². The molecule has 8 nitrogen and oxygen atoms in total. The molecule has 35 heavy (non-hydrogen) atoms. The zero-order valence-corrected chi connectivity index (χ0v) is 23.1. The summed E-state index contributed by atoms with van der Waals surface area (Å²) in [6.07, 6.45) is 6.69. The first-order valence-electron chi connectivity index (χ1n) is 11.8. The fourth-order valence-electron chi connectivity index (χ4n) is 4.49. The molecule has 0 radical (unpaired) electrons. The minimum absolute atomic E-state index is 0. The molecule has 0 aliphatic carbocycles. The summed E-state index contributed by atoms with van der Waals surface area (Å²) in [5.41, 5.74) is 4.56. The Hall–Kier alpha value is -1.81. The zero-order chi connectivity index (χ0) is 23.4. The van der Waals surface area contributed by atoms with Crippen LogP contribution >= 0.6 is 0 Å². The van der Waals surface area contributed by atoms with Crippen molar-refractivity contribution >= 4 is 17.3 Å². The number of H-pyrrole nitrogens is 1. The van der Waals surface area contributed by atoms with Crippen LogP contribution in [0.2, 0.25) is 0 Å². The standard InChI is InChI=1S/C26H33N4O3.Na.H2O/c1-17(2)10-22(16-31)27-13-20-4-5-24-23(12-20)29-25(21-11-18(3)26(32)28-14-21)30(24)15-19-6-8-33-9-7-19;;/h4-5,11-12,14,17,19,22,27H,6-10,13,15H2,1-3H3,(H,28,32);;1H2/q-1;+1;/p-1/t22-;;/m0../s1. The molecule has 9 heteroatoms. The summed E-state index contributed by atoms with van der Waals surface area (Å²) in [4.78, 5) is 31.0. The van der Waals surface area contributed by atoms with Gasteiger partial charge in [-0.05, 0) is 55.4 Å². The first-order valence-corrected chi connectivity index (χ1v) is 11.8. The minimum atomic E-state index is -0.272. The van der Waals surface area contributed by atoms with Gasteiger partial charge in [0.05, 0.1) is 11.0 Å². The molecule has 3 N–H and O–H groups in total. The molecule has 1 saturated heterocycles. The van der Waals surface area contributed by atoms with Gasteiger partial charge in [-0.25, -0.2) is 11.3 Å². The Morgan fingerprint density at radius 3 is 2.66 bits per heavy atom. The van der Waals surface area contributed by atoms with Crippen LogP contribution in [0.1, 0.15) is 44.2 Å². The number of carbonyl (C=O) groups excluding carboxylic acids is 1. The predicted octanol–water partition coefficient (Wildman–Crippen LogP) is 0.568. The Morgan fingerprint density at radius 1 is 1.26 bits per heavy atom. The van der Waals surface area contributed by atoms with Crippen LogP contribution < -0.4 is 40.4 Å². The number of nitrogens with zero attached hydrogens (tertiary/aromatic N) is 2. The summed E-state index contributed by atoms with van der Waals surface area (Å²) >= 11 is 0. The van der Waals surface area contributed by atoms with Crippen molar-refractivity contribution in [1.29, 1.82) is 0 Å². The number of hydrogen-bond donors (Lipinski definition) is 2. The van der Waals surface area contributed by atoms with Gasteiger partial charge in [0, 0.05) is 43.6 Å². The van der Waals surface area contributed by atoms with Gasteiger partial charge < -0.3 is 29.9 Å². The quantitative estimate of drug-likeness (QED) is 0.335. The Bertz CT molecular complexity index is 1170. The molecule has 1 fully saturated rings. The molecule has 0 saturated carbocycles. The van der Waals surface area contributed by atoms with Crippen LogP contribution in [-0.2, 0) is 22.6 Å². The third-order valence-electron chi connectivity index (χ3n) is 6.34. The number of pyridine rings is 1. The first-order chi connectivity index (χ1) is 15.9. The fourth-order valence-corrected chi connectivity index (χ4v) is 4.49. The number of aromatic amines is 1. The molecule has 1 aromatic carbocycles. The molecule has 2 aromatic heterocycles. The molecule has 0 spiro atoms. The molecule has 1 aliphatic rings. The van der Waals surface area contributed by atoms with E-state index in [1.807, 2.05) is 13.0 Å². The van der Waals surface area contributed by atoms with Crippen LogP contribution in [0.15, 0.2) is 35.3 Å². The maximum absolute atomic E-state index is 11.9. The van der Waals surface area contributed by atoms with Gasteiger partial charge in [-0.2, -0.15) is 0 Å². The maximum Gasteiger partial charge on any atom is 1.00 e. The number of benzene rings is 1. The normalized spacial score (nSPS) is 15.0. The van der Waals surface area contributed by atoms with E-state index in [1.165, 1.54) is 0 Å². The fraction of sp³-hybridized carbons (Fsp3) is 0.500. The Kier molecular flexibility index (Phi) is 11.3. The molecule has 1 aliphatic heterocycles. The van der Waals surface area contributed by atoms with Crippen LogP contribution in [0.25, 0.3) is 22.4 Å². The van der Waals surface area contributed by atoms with Crippen molar-refractivity contribution in [3.8, 4) is 11.4 Å². The van der Waals surface area contributed by atoms with E-state index in [0.717, 1.165) is 67.0 Å². The van der Waals surface area contributed by atoms with Gasteiger partial charge >= 0.3 is 29.6 Å². The molecule has 0 amide bonds. The van der Waals surface area contributed by atoms with E-state index in [1.54, 1.807) is 6.20 Å². The van der Waals surface area contributed by atoms with Gasteiger partial charge in [0.25, 0.3) is 5.56 Å². The monoisotopic (exact) mass is 489 g/mol. The molecule has 3 aromatic rings. The van der Waals surface area contributed by atoms with Crippen molar-refractivity contribution in [2.45, 2.75) is 59.2 Å². The Labute approximate surface area is 228 Å². The average Bonchev–Trinajstić information content (AvgIpc) is 3.16. The Morgan fingerprint density at radius 2 is 2.00 bits per heavy atom. The van der Waals surface area contributed by atoms with E-state index in [0.29, 0.717) is 23.9 Å². The number of imidazole rings is 1. The van der Waals surface area contributed by atoms with Gasteiger partial charge in [-0.15, -0.1) is 0 Å². The van der Waals surface area contributed by atoms with Gasteiger partial charge in [-0.3, -0.25) is 4.79 Å². The smallest absolute Gasteiger partial charge is 0.870 e. The summed E-state index contributed by atoms with van der Waals surface area (Å²) in [6, 6.07) is 7.92. The number of hydrogen-bond acceptors (Lipinski definition) is 6. The van der Waals surface area contributed by atoms with Crippen molar-refractivity contribution in [3.05, 3.63) is 51.9 Å². The molecule has 1 atom stereocenters. The van der Waals surface area contributed by atoms with Crippen LogP contribution in [-0.4, -0.2) is 45.6 Å². The average molecular weight is 490 g/mol. The topological polar surface area (TPSA) is 119 Å². The van der Waals surface area contributed by atoms with E-state index >= 15 is 0 Å². The van der Waals surface area contributed by atoms with Gasteiger partial charge in [-0.1, -0.05) is 32.4 Å². The van der Waals surface area contributed by atoms with E-state index < -0.39 is 0 Å². The van der Waals surface area contributed by atoms with Crippen LogP contribution in [0, 0.1) is 18.8 Å². The SMILES string of the molecule is Cc1cc(-c2nc3cc(CN[C@H]([C-]=O)CC(C)C)ccc3n2CC2CCOCC2)c[nH]c1=O.[Na+].[OH-]. The second-order valence-corrected chi connectivity index (χ2v) is 9.51. The van der Waals surface area contributed by atoms with Crippen molar-refractivity contribution in [1.82, 2.24) is 19.9 Å². The summed E-state index contributed by atoms with van der Waals surface area (Å²) in [5, 5.41) is 3.30. The molecular formula is C26H34N4NaO4-. The van der Waals surface area contributed by atoms with Crippen molar-refractivity contribution in [2.24, 2.45) is 11.8 Å². The van der Waals surface area contributed by atoms with Crippen LogP contribution in [0.5, 0.6) is 0 Å². The molecule has 3 heterocycles. The molecule has 0 bridgehead atoms. The van der Waals surface area contributed by atoms with Crippen LogP contribution in [0.3, 0.4) is 0 Å². The molecular weight excluding hydrogens is 455 g/mol. The second-order valence-electron chi connectivity index (χ2n) is 9.51. The van der Waals surface area contributed by atoms with Crippen molar-refractivity contribution in [3.63, 3.8) is 0 Å². The second kappa shape index (κ2) is 13.5. The third-order valence-corrected chi connectivity index (χ3v) is 6.34. The number of fused-ring (bicyclic) bond motifs is 1. The minimum Gasteiger partial charge on any atom is -0.870 e. The number of rotatable bonds is 9. The number of nitrogens with one attached hydrogen (secondary N) is 2. The molecule has 184 valence electrons. The van der Waals surface area contributed by atoms with Crippen molar-refractivity contribution in [2.75, 3.05) is 13.2 Å². The number of aromatic nitrogens is 3. The summed E-state index contributed by atoms with van der Waals surface area (Å²) in [7, 11) is 0. The zero-order valence-electron chi connectivity index (χ0n) is 21.1. The number of ether oxygens (including phenoxy) is 1. The number of aryl methyl sites for hydroxylation is 1. The van der Waals surface area contributed by atoms with Gasteiger partial charge in [0.15, 0.2) is 0 Å². The summed E-state index contributed by atoms with van der Waals surface area (Å²) in [5.74, 6) is 1.82. The maximum atomic E-state index is 11.9. The van der Waals surface area contributed by atoms with E-state index in [9.17, 15) is 9.59 Å².